The van der Waals surface area contributed by atoms with Crippen LogP contribution in [0.4, 0.5) is 5.69 Å². The molecule has 2 amide bonds. The first-order valence-corrected chi connectivity index (χ1v) is 10.5. The maximum Gasteiger partial charge on any atom is 0.254 e. The van der Waals surface area contributed by atoms with Gasteiger partial charge in [-0.3, -0.25) is 9.59 Å². The van der Waals surface area contributed by atoms with E-state index in [4.69, 9.17) is 0 Å². The first kappa shape index (κ1) is 18.5. The van der Waals surface area contributed by atoms with E-state index in [-0.39, 0.29) is 17.2 Å². The summed E-state index contributed by atoms with van der Waals surface area (Å²) in [6.45, 7) is 4.71. The van der Waals surface area contributed by atoms with Gasteiger partial charge in [0.25, 0.3) is 5.91 Å². The molecule has 5 nitrogen and oxygen atoms in total. The molecule has 1 aliphatic carbocycles. The Bertz CT molecular complexity index is 702. The standard InChI is InChI=1S/C22H31N3O2/c1-16-6-3-5-13-25(16)20(26)17-8-10-19(11-9-17)24-21(27)22-12-4-2-7-18(22)14-23-15-22/h8-11,16,18,23H,2-7,12-15H2,1H3,(H,24,27)/t16?,18-,22+/m0/s1. The van der Waals surface area contributed by atoms with Crippen LogP contribution in [0.15, 0.2) is 24.3 Å². The van der Waals surface area contributed by atoms with Gasteiger partial charge in [-0.05, 0) is 75.8 Å². The fourth-order valence-electron chi connectivity index (χ4n) is 5.21. The maximum atomic E-state index is 13.1. The fourth-order valence-corrected chi connectivity index (χ4v) is 5.21. The van der Waals surface area contributed by atoms with Gasteiger partial charge < -0.3 is 15.5 Å². The Morgan fingerprint density at radius 3 is 2.67 bits per heavy atom. The van der Waals surface area contributed by atoms with E-state index in [0.29, 0.717) is 17.5 Å². The lowest BCUT2D eigenvalue weighted by Crippen LogP contribution is -2.44. The molecule has 27 heavy (non-hydrogen) atoms. The number of amides is 2. The molecule has 0 spiro atoms. The molecule has 3 fully saturated rings. The Morgan fingerprint density at radius 2 is 1.89 bits per heavy atom. The first-order valence-electron chi connectivity index (χ1n) is 10.5. The van der Waals surface area contributed by atoms with E-state index in [1.165, 1.54) is 12.8 Å². The van der Waals surface area contributed by atoms with E-state index in [9.17, 15) is 9.59 Å². The zero-order chi connectivity index (χ0) is 18.9. The largest absolute Gasteiger partial charge is 0.336 e. The Kier molecular flexibility index (Phi) is 5.22. The summed E-state index contributed by atoms with van der Waals surface area (Å²) < 4.78 is 0. The summed E-state index contributed by atoms with van der Waals surface area (Å²) in [5.41, 5.74) is 1.24. The van der Waals surface area contributed by atoms with Crippen molar-refractivity contribution in [2.75, 3.05) is 25.0 Å². The number of carbonyl (C=O) groups is 2. The minimum absolute atomic E-state index is 0.103. The predicted molar refractivity (Wildman–Crippen MR) is 107 cm³/mol. The SMILES string of the molecule is CC1CCCCN1C(=O)c1ccc(NC(=O)[C@@]23CCCC[C@H]2CNC3)cc1. The summed E-state index contributed by atoms with van der Waals surface area (Å²) in [7, 11) is 0. The van der Waals surface area contributed by atoms with E-state index in [1.54, 1.807) is 0 Å². The number of rotatable bonds is 3. The number of piperidine rings is 1. The van der Waals surface area contributed by atoms with Crippen molar-refractivity contribution in [1.29, 1.82) is 0 Å². The van der Waals surface area contributed by atoms with Crippen molar-refractivity contribution in [1.82, 2.24) is 10.2 Å². The van der Waals surface area contributed by atoms with Crippen LogP contribution in [-0.4, -0.2) is 42.4 Å². The average Bonchev–Trinajstić information content (AvgIpc) is 3.14. The van der Waals surface area contributed by atoms with Gasteiger partial charge in [0.1, 0.15) is 0 Å². The number of hydrogen-bond acceptors (Lipinski definition) is 3. The van der Waals surface area contributed by atoms with Crippen LogP contribution in [0.5, 0.6) is 0 Å². The number of nitrogens with one attached hydrogen (secondary N) is 2. The summed E-state index contributed by atoms with van der Waals surface area (Å²) in [6, 6.07) is 7.75. The molecule has 2 heterocycles. The van der Waals surface area contributed by atoms with E-state index in [2.05, 4.69) is 17.6 Å². The topological polar surface area (TPSA) is 61.4 Å². The van der Waals surface area contributed by atoms with Crippen molar-refractivity contribution in [3.8, 4) is 0 Å². The number of hydrogen-bond donors (Lipinski definition) is 2. The zero-order valence-electron chi connectivity index (χ0n) is 16.3. The van der Waals surface area contributed by atoms with Gasteiger partial charge in [-0.2, -0.15) is 0 Å². The molecule has 5 heteroatoms. The first-order chi connectivity index (χ1) is 13.1. The number of benzene rings is 1. The normalized spacial score (nSPS) is 30.6. The van der Waals surface area contributed by atoms with Crippen LogP contribution in [0.3, 0.4) is 0 Å². The lowest BCUT2D eigenvalue weighted by Gasteiger charge is -2.37. The molecule has 2 N–H and O–H groups in total. The van der Waals surface area contributed by atoms with Crippen LogP contribution in [0.2, 0.25) is 0 Å². The highest BCUT2D eigenvalue weighted by atomic mass is 16.2. The summed E-state index contributed by atoms with van der Waals surface area (Å²) in [5.74, 6) is 0.694. The second-order valence-electron chi connectivity index (χ2n) is 8.60. The molecular formula is C22H31N3O2. The van der Waals surface area contributed by atoms with Gasteiger partial charge in [-0.15, -0.1) is 0 Å². The van der Waals surface area contributed by atoms with Gasteiger partial charge >= 0.3 is 0 Å². The Balaban J connectivity index is 1.43. The molecule has 1 aromatic carbocycles. The molecule has 0 aromatic heterocycles. The van der Waals surface area contributed by atoms with E-state index >= 15 is 0 Å². The molecule has 4 rings (SSSR count). The van der Waals surface area contributed by atoms with Crippen LogP contribution in [0, 0.1) is 11.3 Å². The van der Waals surface area contributed by atoms with E-state index in [1.807, 2.05) is 29.2 Å². The Morgan fingerprint density at radius 1 is 1.11 bits per heavy atom. The smallest absolute Gasteiger partial charge is 0.254 e. The van der Waals surface area contributed by atoms with Crippen molar-refractivity contribution in [3.05, 3.63) is 29.8 Å². The molecule has 2 aliphatic heterocycles. The number of nitrogens with zero attached hydrogens (tertiary/aromatic N) is 1. The lowest BCUT2D eigenvalue weighted by molar-refractivity contribution is -0.128. The van der Waals surface area contributed by atoms with Crippen LogP contribution in [0.25, 0.3) is 0 Å². The summed E-state index contributed by atoms with van der Waals surface area (Å²) in [5, 5.41) is 6.55. The van der Waals surface area contributed by atoms with Crippen molar-refractivity contribution in [2.24, 2.45) is 11.3 Å². The minimum atomic E-state index is -0.254. The molecule has 1 aromatic rings. The van der Waals surface area contributed by atoms with Crippen molar-refractivity contribution in [2.45, 2.75) is 57.9 Å². The molecule has 0 radical (unpaired) electrons. The Hall–Kier alpha value is -1.88. The quantitative estimate of drug-likeness (QED) is 0.858. The van der Waals surface area contributed by atoms with Gasteiger partial charge in [-0.25, -0.2) is 0 Å². The maximum absolute atomic E-state index is 13.1. The number of carbonyl (C=O) groups excluding carboxylic acids is 2. The van der Waals surface area contributed by atoms with E-state index in [0.717, 1.165) is 57.4 Å². The van der Waals surface area contributed by atoms with Crippen molar-refractivity contribution in [3.63, 3.8) is 0 Å². The average molecular weight is 370 g/mol. The molecule has 0 bridgehead atoms. The van der Waals surface area contributed by atoms with Crippen LogP contribution >= 0.6 is 0 Å². The third kappa shape index (κ3) is 3.49. The summed E-state index contributed by atoms with van der Waals surface area (Å²) in [4.78, 5) is 27.8. The lowest BCUT2D eigenvalue weighted by atomic mass is 9.67. The molecule has 146 valence electrons. The number of fused-ring (bicyclic) bond motifs is 1. The predicted octanol–water partition coefficient (Wildman–Crippen LogP) is 3.42. The summed E-state index contributed by atoms with van der Waals surface area (Å²) in [6.07, 6.45) is 7.84. The fraction of sp³-hybridized carbons (Fsp3) is 0.636. The third-order valence-corrected chi connectivity index (χ3v) is 6.94. The molecule has 2 saturated heterocycles. The number of anilines is 1. The monoisotopic (exact) mass is 369 g/mol. The second-order valence-corrected chi connectivity index (χ2v) is 8.60. The van der Waals surface area contributed by atoms with Crippen LogP contribution in [-0.2, 0) is 4.79 Å². The molecule has 1 saturated carbocycles. The van der Waals surface area contributed by atoms with Crippen LogP contribution in [0.1, 0.15) is 62.2 Å². The highest BCUT2D eigenvalue weighted by Crippen LogP contribution is 2.44. The zero-order valence-corrected chi connectivity index (χ0v) is 16.3. The highest BCUT2D eigenvalue weighted by molar-refractivity contribution is 5.98. The van der Waals surface area contributed by atoms with Gasteiger partial charge in [0, 0.05) is 30.4 Å². The molecule has 1 unspecified atom stereocenters. The summed E-state index contributed by atoms with van der Waals surface area (Å²) >= 11 is 0. The van der Waals surface area contributed by atoms with Crippen LogP contribution < -0.4 is 10.6 Å². The third-order valence-electron chi connectivity index (χ3n) is 6.94. The van der Waals surface area contributed by atoms with Crippen molar-refractivity contribution < 1.29 is 9.59 Å². The number of likely N-dealkylation sites (tertiary alicyclic amines) is 1. The Labute approximate surface area is 161 Å². The van der Waals surface area contributed by atoms with Gasteiger partial charge in [0.05, 0.1) is 5.41 Å². The second kappa shape index (κ2) is 7.63. The highest BCUT2D eigenvalue weighted by Gasteiger charge is 2.49. The van der Waals surface area contributed by atoms with Gasteiger partial charge in [0.15, 0.2) is 0 Å². The minimum Gasteiger partial charge on any atom is -0.336 e. The molecule has 3 aliphatic rings. The van der Waals surface area contributed by atoms with Gasteiger partial charge in [-0.1, -0.05) is 12.8 Å². The molecular weight excluding hydrogens is 338 g/mol. The van der Waals surface area contributed by atoms with Crippen molar-refractivity contribution >= 4 is 17.5 Å². The van der Waals surface area contributed by atoms with Gasteiger partial charge in [0.2, 0.25) is 5.91 Å². The van der Waals surface area contributed by atoms with E-state index < -0.39 is 0 Å². The molecule has 3 atom stereocenters.